The molecule has 0 spiro atoms. The summed E-state index contributed by atoms with van der Waals surface area (Å²) in [5, 5.41) is 3.58. The number of benzene rings is 1. The van der Waals surface area contributed by atoms with Gasteiger partial charge in [-0.15, -0.1) is 0 Å². The maximum Gasteiger partial charge on any atom is 0.416 e. The fourth-order valence-corrected chi connectivity index (χ4v) is 3.17. The molecule has 0 atom stereocenters. The lowest BCUT2D eigenvalue weighted by Crippen LogP contribution is -2.46. The number of piperazine rings is 1. The molecule has 1 aliphatic rings. The number of hydrogen-bond acceptors (Lipinski definition) is 4. The van der Waals surface area contributed by atoms with Gasteiger partial charge in [-0.05, 0) is 18.2 Å². The van der Waals surface area contributed by atoms with Crippen LogP contribution in [0.2, 0.25) is 0 Å². The van der Waals surface area contributed by atoms with E-state index in [-0.39, 0.29) is 42.1 Å². The Balaban J connectivity index is 1.89. The summed E-state index contributed by atoms with van der Waals surface area (Å²) in [6, 6.07) is 2.44. The Morgan fingerprint density at radius 1 is 1.00 bits per heavy atom. The second-order valence-electron chi connectivity index (χ2n) is 6.13. The molecule has 1 amide bonds. The van der Waals surface area contributed by atoms with Gasteiger partial charge in [0.05, 0.1) is 24.2 Å². The van der Waals surface area contributed by atoms with Crippen LogP contribution < -0.4 is 0 Å². The van der Waals surface area contributed by atoms with Gasteiger partial charge >= 0.3 is 12.4 Å². The van der Waals surface area contributed by atoms with E-state index >= 15 is 0 Å². The zero-order chi connectivity index (χ0) is 20.7. The zero-order valence-corrected chi connectivity index (χ0v) is 16.1. The first kappa shape index (κ1) is 20.9. The van der Waals surface area contributed by atoms with Crippen LogP contribution in [0.4, 0.5) is 26.3 Å². The maximum absolute atomic E-state index is 13.0. The van der Waals surface area contributed by atoms with Crippen molar-refractivity contribution in [3.8, 4) is 11.3 Å². The van der Waals surface area contributed by atoms with E-state index in [1.54, 1.807) is 3.11 Å². The Labute approximate surface area is 168 Å². The first-order valence-electron chi connectivity index (χ1n) is 7.87. The third-order valence-electron chi connectivity index (χ3n) is 4.06. The molecule has 0 saturated carbocycles. The minimum absolute atomic E-state index is 0.0292. The van der Waals surface area contributed by atoms with Gasteiger partial charge in [0.15, 0.2) is 5.76 Å². The highest BCUT2D eigenvalue weighted by Crippen LogP contribution is 2.38. The first-order chi connectivity index (χ1) is 12.9. The molecular formula is C16H12F6IN3O2. The Bertz CT molecular complexity index is 848. The summed E-state index contributed by atoms with van der Waals surface area (Å²) >= 11 is 2.01. The van der Waals surface area contributed by atoms with Gasteiger partial charge < -0.3 is 9.42 Å². The van der Waals surface area contributed by atoms with Crippen molar-refractivity contribution in [3.05, 3.63) is 41.2 Å². The van der Waals surface area contributed by atoms with Crippen molar-refractivity contribution in [1.82, 2.24) is 13.2 Å². The van der Waals surface area contributed by atoms with Gasteiger partial charge in [0.1, 0.15) is 5.69 Å². The first-order valence-corrected chi connectivity index (χ1v) is 8.84. The van der Waals surface area contributed by atoms with Gasteiger partial charge in [0, 0.05) is 47.6 Å². The van der Waals surface area contributed by atoms with Crippen LogP contribution in [0, 0.1) is 0 Å². The molecule has 2 aromatic rings. The van der Waals surface area contributed by atoms with Crippen molar-refractivity contribution in [2.24, 2.45) is 0 Å². The predicted molar refractivity (Wildman–Crippen MR) is 93.0 cm³/mol. The molecule has 0 N–H and O–H groups in total. The molecule has 2 heterocycles. The molecule has 12 heteroatoms. The normalized spacial score (nSPS) is 16.7. The highest BCUT2D eigenvalue weighted by Gasteiger charge is 2.37. The van der Waals surface area contributed by atoms with E-state index in [0.29, 0.717) is 25.2 Å². The second kappa shape index (κ2) is 7.54. The fraction of sp³-hybridized carbons (Fsp3) is 0.375. The summed E-state index contributed by atoms with van der Waals surface area (Å²) < 4.78 is 84.7. The van der Waals surface area contributed by atoms with Crippen LogP contribution in [0.25, 0.3) is 11.3 Å². The molecule has 3 rings (SSSR count). The number of carbonyl (C=O) groups is 1. The van der Waals surface area contributed by atoms with Crippen LogP contribution in [0.3, 0.4) is 0 Å². The highest BCUT2D eigenvalue weighted by molar-refractivity contribution is 14.1. The molecule has 5 nitrogen and oxygen atoms in total. The number of nitrogens with zero attached hydrogens (tertiary/aromatic N) is 3. The predicted octanol–water partition coefficient (Wildman–Crippen LogP) is 4.37. The number of alkyl halides is 6. The number of rotatable bonds is 3. The van der Waals surface area contributed by atoms with Gasteiger partial charge in [-0.2, -0.15) is 26.3 Å². The maximum atomic E-state index is 13.0. The molecule has 1 saturated heterocycles. The van der Waals surface area contributed by atoms with Crippen LogP contribution in [0.15, 0.2) is 28.8 Å². The molecule has 0 unspecified atom stereocenters. The van der Waals surface area contributed by atoms with E-state index in [1.165, 1.54) is 11.0 Å². The highest BCUT2D eigenvalue weighted by atomic mass is 127. The SMILES string of the molecule is O=C1CN(I)CCN1Cc1cc(-c2cc(C(F)(F)F)cc(C(F)(F)F)c2)no1. The van der Waals surface area contributed by atoms with E-state index in [4.69, 9.17) is 4.52 Å². The Morgan fingerprint density at radius 2 is 1.61 bits per heavy atom. The van der Waals surface area contributed by atoms with Gasteiger partial charge in [-0.25, -0.2) is 3.11 Å². The molecule has 1 aromatic carbocycles. The molecule has 0 bridgehead atoms. The quantitative estimate of drug-likeness (QED) is 0.344. The fourth-order valence-electron chi connectivity index (χ4n) is 2.66. The number of hydrogen-bond donors (Lipinski definition) is 0. The monoisotopic (exact) mass is 519 g/mol. The van der Waals surface area contributed by atoms with Crippen LogP contribution in [0.5, 0.6) is 0 Å². The van der Waals surface area contributed by atoms with Crippen molar-refractivity contribution >= 4 is 28.8 Å². The van der Waals surface area contributed by atoms with Crippen LogP contribution >= 0.6 is 22.9 Å². The molecule has 0 radical (unpaired) electrons. The van der Waals surface area contributed by atoms with Crippen molar-refractivity contribution in [3.63, 3.8) is 0 Å². The van der Waals surface area contributed by atoms with E-state index < -0.39 is 23.5 Å². The topological polar surface area (TPSA) is 49.6 Å². The summed E-state index contributed by atoms with van der Waals surface area (Å²) in [7, 11) is 0. The van der Waals surface area contributed by atoms with Crippen molar-refractivity contribution in [2.45, 2.75) is 18.9 Å². The standard InChI is InChI=1S/C16H12F6IN3O2/c17-15(18,19)10-3-9(4-11(5-10)16(20,21)22)13-6-12(28-24-13)7-25-1-2-26(23)8-14(25)27/h3-6H,1-2,7-8H2. The number of aromatic nitrogens is 1. The summed E-state index contributed by atoms with van der Waals surface area (Å²) in [5.41, 5.74) is -3.42. The third-order valence-corrected chi connectivity index (χ3v) is 4.88. The molecular weight excluding hydrogens is 507 g/mol. The van der Waals surface area contributed by atoms with Crippen LogP contribution in [0.1, 0.15) is 16.9 Å². The molecule has 28 heavy (non-hydrogen) atoms. The summed E-state index contributed by atoms with van der Waals surface area (Å²) in [6.07, 6.45) is -9.90. The van der Waals surface area contributed by atoms with Crippen molar-refractivity contribution < 1.29 is 35.7 Å². The molecule has 1 aliphatic heterocycles. The average Bonchev–Trinajstić information content (AvgIpc) is 3.04. The second-order valence-corrected chi connectivity index (χ2v) is 7.50. The van der Waals surface area contributed by atoms with Crippen molar-refractivity contribution in [1.29, 1.82) is 0 Å². The number of amides is 1. The van der Waals surface area contributed by atoms with Gasteiger partial charge in [-0.1, -0.05) is 5.16 Å². The summed E-state index contributed by atoms with van der Waals surface area (Å²) in [5.74, 6) is -0.00625. The lowest BCUT2D eigenvalue weighted by molar-refractivity contribution is -0.143. The molecule has 1 fully saturated rings. The largest absolute Gasteiger partial charge is 0.416 e. The van der Waals surface area contributed by atoms with E-state index in [9.17, 15) is 31.1 Å². The van der Waals surface area contributed by atoms with Crippen LogP contribution in [-0.2, 0) is 23.7 Å². The molecule has 152 valence electrons. The van der Waals surface area contributed by atoms with E-state index in [2.05, 4.69) is 5.16 Å². The van der Waals surface area contributed by atoms with E-state index in [0.717, 1.165) is 0 Å². The van der Waals surface area contributed by atoms with Gasteiger partial charge in [0.2, 0.25) is 5.91 Å². The lowest BCUT2D eigenvalue weighted by Gasteiger charge is -2.30. The van der Waals surface area contributed by atoms with Gasteiger partial charge in [0.25, 0.3) is 0 Å². The summed E-state index contributed by atoms with van der Waals surface area (Å²) in [4.78, 5) is 13.4. The Kier molecular flexibility index (Phi) is 5.62. The minimum Gasteiger partial charge on any atom is -0.359 e. The lowest BCUT2D eigenvalue weighted by atomic mass is 10.0. The number of carbonyl (C=O) groups excluding carboxylic acids is 1. The van der Waals surface area contributed by atoms with Crippen molar-refractivity contribution in [2.75, 3.05) is 19.6 Å². The van der Waals surface area contributed by atoms with Crippen LogP contribution in [-0.4, -0.2) is 38.7 Å². The third kappa shape index (κ3) is 4.77. The van der Waals surface area contributed by atoms with E-state index in [1.807, 2.05) is 22.9 Å². The number of halogens is 7. The smallest absolute Gasteiger partial charge is 0.359 e. The summed E-state index contributed by atoms with van der Waals surface area (Å²) in [6.45, 7) is 1.26. The van der Waals surface area contributed by atoms with Gasteiger partial charge in [-0.3, -0.25) is 4.79 Å². The Hall–Kier alpha value is -1.83. The minimum atomic E-state index is -4.95. The molecule has 0 aliphatic carbocycles. The average molecular weight is 519 g/mol. The Morgan fingerprint density at radius 3 is 2.14 bits per heavy atom. The zero-order valence-electron chi connectivity index (χ0n) is 13.9. The molecule has 1 aromatic heterocycles.